The van der Waals surface area contributed by atoms with Crippen LogP contribution in [0.4, 0.5) is 4.39 Å². The van der Waals surface area contributed by atoms with Crippen molar-refractivity contribution in [3.05, 3.63) is 48.3 Å². The minimum absolute atomic E-state index is 0.0364. The molecule has 23 heavy (non-hydrogen) atoms. The SMILES string of the molecule is C=CCOC(=O)C(CCc1ccc(F)cc1)C(=O)OC(C)(C)C. The van der Waals surface area contributed by atoms with Crippen molar-refractivity contribution < 1.29 is 23.5 Å². The summed E-state index contributed by atoms with van der Waals surface area (Å²) < 4.78 is 23.2. The fourth-order valence-corrected chi connectivity index (χ4v) is 1.91. The van der Waals surface area contributed by atoms with Crippen molar-refractivity contribution >= 4 is 11.9 Å². The molecule has 0 N–H and O–H groups in total. The second-order valence-corrected chi connectivity index (χ2v) is 6.17. The molecule has 0 aliphatic rings. The van der Waals surface area contributed by atoms with E-state index in [1.54, 1.807) is 32.9 Å². The van der Waals surface area contributed by atoms with E-state index in [0.29, 0.717) is 6.42 Å². The number of aryl methyl sites for hydroxylation is 1. The van der Waals surface area contributed by atoms with E-state index in [0.717, 1.165) is 5.56 Å². The van der Waals surface area contributed by atoms with Crippen molar-refractivity contribution in [3.8, 4) is 0 Å². The van der Waals surface area contributed by atoms with Gasteiger partial charge in [0.15, 0.2) is 5.92 Å². The Bertz CT molecular complexity index is 543. The van der Waals surface area contributed by atoms with Crippen LogP contribution in [0.25, 0.3) is 0 Å². The largest absolute Gasteiger partial charge is 0.461 e. The second-order valence-electron chi connectivity index (χ2n) is 6.17. The molecule has 5 heteroatoms. The molecule has 0 aliphatic carbocycles. The van der Waals surface area contributed by atoms with E-state index in [1.807, 2.05) is 0 Å². The molecule has 0 aliphatic heterocycles. The van der Waals surface area contributed by atoms with Crippen LogP contribution in [-0.4, -0.2) is 24.1 Å². The summed E-state index contributed by atoms with van der Waals surface area (Å²) in [5.74, 6) is -2.60. The summed E-state index contributed by atoms with van der Waals surface area (Å²) >= 11 is 0. The number of carbonyl (C=O) groups is 2. The summed E-state index contributed by atoms with van der Waals surface area (Å²) in [6.45, 7) is 8.70. The Morgan fingerprint density at radius 2 is 1.83 bits per heavy atom. The van der Waals surface area contributed by atoms with Gasteiger partial charge in [-0.15, -0.1) is 0 Å². The molecule has 0 aromatic heterocycles. The van der Waals surface area contributed by atoms with Crippen molar-refractivity contribution in [1.82, 2.24) is 0 Å². The standard InChI is InChI=1S/C18H23FO4/c1-5-12-22-16(20)15(17(21)23-18(2,3)4)11-8-13-6-9-14(19)10-7-13/h5-7,9-10,15H,1,8,11-12H2,2-4H3. The van der Waals surface area contributed by atoms with Gasteiger partial charge in [-0.3, -0.25) is 9.59 Å². The molecule has 0 heterocycles. The van der Waals surface area contributed by atoms with Gasteiger partial charge in [-0.2, -0.15) is 0 Å². The molecule has 4 nitrogen and oxygen atoms in total. The van der Waals surface area contributed by atoms with Crippen LogP contribution in [0.5, 0.6) is 0 Å². The minimum Gasteiger partial charge on any atom is -0.461 e. The first-order chi connectivity index (χ1) is 10.7. The maximum absolute atomic E-state index is 12.9. The first kappa shape index (κ1) is 18.9. The number of benzene rings is 1. The first-order valence-electron chi connectivity index (χ1n) is 7.48. The van der Waals surface area contributed by atoms with E-state index in [2.05, 4.69) is 6.58 Å². The monoisotopic (exact) mass is 322 g/mol. The number of hydrogen-bond acceptors (Lipinski definition) is 4. The molecule has 0 saturated carbocycles. The second kappa shape index (κ2) is 8.46. The van der Waals surface area contributed by atoms with Gasteiger partial charge in [0, 0.05) is 0 Å². The molecule has 0 bridgehead atoms. The van der Waals surface area contributed by atoms with Crippen LogP contribution in [0.15, 0.2) is 36.9 Å². The molecule has 1 aromatic rings. The Morgan fingerprint density at radius 1 is 1.22 bits per heavy atom. The van der Waals surface area contributed by atoms with E-state index >= 15 is 0 Å². The lowest BCUT2D eigenvalue weighted by Gasteiger charge is -2.23. The molecule has 126 valence electrons. The van der Waals surface area contributed by atoms with Crippen LogP contribution < -0.4 is 0 Å². The number of ether oxygens (including phenoxy) is 2. The van der Waals surface area contributed by atoms with E-state index in [9.17, 15) is 14.0 Å². The topological polar surface area (TPSA) is 52.6 Å². The summed E-state index contributed by atoms with van der Waals surface area (Å²) in [6, 6.07) is 5.93. The lowest BCUT2D eigenvalue weighted by atomic mass is 9.99. The molecule has 0 spiro atoms. The molecule has 0 saturated heterocycles. The number of esters is 2. The van der Waals surface area contributed by atoms with Crippen molar-refractivity contribution in [2.45, 2.75) is 39.2 Å². The van der Waals surface area contributed by atoms with Crippen LogP contribution in [0.3, 0.4) is 0 Å². The highest BCUT2D eigenvalue weighted by Gasteiger charge is 2.32. The smallest absolute Gasteiger partial charge is 0.320 e. The van der Waals surface area contributed by atoms with Crippen molar-refractivity contribution in [1.29, 1.82) is 0 Å². The molecule has 1 unspecified atom stereocenters. The number of carbonyl (C=O) groups excluding carboxylic acids is 2. The van der Waals surface area contributed by atoms with Crippen LogP contribution in [0.2, 0.25) is 0 Å². The van der Waals surface area contributed by atoms with Gasteiger partial charge >= 0.3 is 11.9 Å². The third-order valence-electron chi connectivity index (χ3n) is 2.95. The van der Waals surface area contributed by atoms with Crippen molar-refractivity contribution in [2.24, 2.45) is 5.92 Å². The Balaban J connectivity index is 2.77. The van der Waals surface area contributed by atoms with Crippen LogP contribution in [0, 0.1) is 11.7 Å². The quantitative estimate of drug-likeness (QED) is 0.438. The average Bonchev–Trinajstić information content (AvgIpc) is 2.45. The summed E-state index contributed by atoms with van der Waals surface area (Å²) in [7, 11) is 0. The van der Waals surface area contributed by atoms with Gasteiger partial charge in [0.05, 0.1) is 0 Å². The van der Waals surface area contributed by atoms with E-state index in [1.165, 1.54) is 18.2 Å². The van der Waals surface area contributed by atoms with Gasteiger partial charge in [-0.25, -0.2) is 4.39 Å². The molecular formula is C18H23FO4. The average molecular weight is 322 g/mol. The third-order valence-corrected chi connectivity index (χ3v) is 2.95. The number of halogens is 1. The Hall–Kier alpha value is -2.17. The van der Waals surface area contributed by atoms with Gasteiger partial charge in [-0.1, -0.05) is 24.8 Å². The summed E-state index contributed by atoms with van der Waals surface area (Å²) in [4.78, 5) is 24.3. The highest BCUT2D eigenvalue weighted by molar-refractivity contribution is 5.95. The highest BCUT2D eigenvalue weighted by atomic mass is 19.1. The zero-order chi connectivity index (χ0) is 17.5. The number of hydrogen-bond donors (Lipinski definition) is 0. The van der Waals surface area contributed by atoms with Gasteiger partial charge < -0.3 is 9.47 Å². The van der Waals surface area contributed by atoms with Crippen molar-refractivity contribution in [2.75, 3.05) is 6.61 Å². The van der Waals surface area contributed by atoms with Gasteiger partial charge in [0.1, 0.15) is 18.0 Å². The fourth-order valence-electron chi connectivity index (χ4n) is 1.91. The maximum Gasteiger partial charge on any atom is 0.320 e. The molecule has 1 atom stereocenters. The molecule has 0 fully saturated rings. The number of rotatable bonds is 7. The molecular weight excluding hydrogens is 299 g/mol. The Kier molecular flexibility index (Phi) is 6.94. The third kappa shape index (κ3) is 7.08. The zero-order valence-corrected chi connectivity index (χ0v) is 13.8. The summed E-state index contributed by atoms with van der Waals surface area (Å²) in [5, 5.41) is 0. The molecule has 0 amide bonds. The minimum atomic E-state index is -1.01. The van der Waals surface area contributed by atoms with Gasteiger partial charge in [-0.05, 0) is 51.3 Å². The van der Waals surface area contributed by atoms with Crippen LogP contribution in [-0.2, 0) is 25.5 Å². The van der Waals surface area contributed by atoms with Gasteiger partial charge in [0.2, 0.25) is 0 Å². The maximum atomic E-state index is 12.9. The highest BCUT2D eigenvalue weighted by Crippen LogP contribution is 2.18. The Morgan fingerprint density at radius 3 is 2.35 bits per heavy atom. The summed E-state index contributed by atoms with van der Waals surface area (Å²) in [6.07, 6.45) is 2.11. The van der Waals surface area contributed by atoms with E-state index in [-0.39, 0.29) is 18.8 Å². The van der Waals surface area contributed by atoms with Crippen LogP contribution >= 0.6 is 0 Å². The Labute approximate surface area is 136 Å². The van der Waals surface area contributed by atoms with Crippen molar-refractivity contribution in [3.63, 3.8) is 0 Å². The lowest BCUT2D eigenvalue weighted by Crippen LogP contribution is -2.34. The first-order valence-corrected chi connectivity index (χ1v) is 7.48. The normalized spacial score (nSPS) is 12.3. The predicted octanol–water partition coefficient (Wildman–Crippen LogP) is 3.45. The molecule has 1 rings (SSSR count). The van der Waals surface area contributed by atoms with E-state index in [4.69, 9.17) is 9.47 Å². The molecule has 1 aromatic carbocycles. The summed E-state index contributed by atoms with van der Waals surface area (Å²) in [5.41, 5.74) is 0.140. The predicted molar refractivity (Wildman–Crippen MR) is 85.2 cm³/mol. The van der Waals surface area contributed by atoms with E-state index < -0.39 is 23.5 Å². The van der Waals surface area contributed by atoms with Crippen LogP contribution in [0.1, 0.15) is 32.8 Å². The zero-order valence-electron chi connectivity index (χ0n) is 13.8. The fraction of sp³-hybridized carbons (Fsp3) is 0.444. The lowest BCUT2D eigenvalue weighted by molar-refractivity contribution is -0.169. The van der Waals surface area contributed by atoms with Gasteiger partial charge in [0.25, 0.3) is 0 Å². The molecule has 0 radical (unpaired) electrons.